The van der Waals surface area contributed by atoms with E-state index in [1.165, 1.54) is 17.7 Å². The van der Waals surface area contributed by atoms with Crippen molar-refractivity contribution >= 4 is 17.0 Å². The predicted octanol–water partition coefficient (Wildman–Crippen LogP) is 5.46. The highest BCUT2D eigenvalue weighted by Gasteiger charge is 2.37. The Morgan fingerprint density at radius 1 is 1.24 bits per heavy atom. The van der Waals surface area contributed by atoms with Gasteiger partial charge in [-0.25, -0.2) is 0 Å². The van der Waals surface area contributed by atoms with Crippen LogP contribution in [0.3, 0.4) is 0 Å². The Bertz CT molecular complexity index is 955. The Labute approximate surface area is 202 Å². The summed E-state index contributed by atoms with van der Waals surface area (Å²) in [5.74, 6) is -0.926. The van der Waals surface area contributed by atoms with Crippen molar-refractivity contribution in [2.75, 3.05) is 7.11 Å². The first kappa shape index (κ1) is 31.3. The number of aliphatic hydroxyl groups excluding tert-OH is 1. The molecule has 0 radical (unpaired) electrons. The molecule has 2 N–H and O–H groups in total. The molecule has 1 aromatic heterocycles. The van der Waals surface area contributed by atoms with Gasteiger partial charge in [0, 0.05) is 19.0 Å². The minimum Gasteiger partial charge on any atom is -0.400 e. The predicted molar refractivity (Wildman–Crippen MR) is 132 cm³/mol. The number of allylic oxidation sites excluding steroid dienone is 3. The van der Waals surface area contributed by atoms with Crippen LogP contribution in [0.4, 0.5) is 13.2 Å². The average Bonchev–Trinajstić information content (AvgIpc) is 3.26. The second-order valence-corrected chi connectivity index (χ2v) is 7.99. The summed E-state index contributed by atoms with van der Waals surface area (Å²) in [5, 5.41) is 18.3. The van der Waals surface area contributed by atoms with E-state index in [0.29, 0.717) is 11.5 Å². The summed E-state index contributed by atoms with van der Waals surface area (Å²) in [6.07, 6.45) is 0.356. The standard InChI is InChI=1S/C21H25F3N4OS.C2H6.CH4O/c1-5-10-18(15(3)16(4)21(22,23)24)25-13-19-26-27-20(28(19)6-2)30(29)14-17-11-8-7-9-12-17;2*1-2/h5-12,16,25H,2,13-14H2,1,3-4H3;1-2H3;2H,1H3/b10-5-,18-15+;;. The van der Waals surface area contributed by atoms with Gasteiger partial charge in [0.15, 0.2) is 5.82 Å². The minimum atomic E-state index is -4.33. The van der Waals surface area contributed by atoms with Crippen molar-refractivity contribution in [3.8, 4) is 0 Å². The maximum absolute atomic E-state index is 13.1. The number of aliphatic hydroxyl groups is 1. The Hall–Kier alpha value is -2.72. The number of nitrogens with one attached hydrogen (secondary N) is 1. The smallest absolute Gasteiger partial charge is 0.395 e. The van der Waals surface area contributed by atoms with E-state index < -0.39 is 22.9 Å². The summed E-state index contributed by atoms with van der Waals surface area (Å²) < 4.78 is 53.5. The van der Waals surface area contributed by atoms with Crippen LogP contribution < -0.4 is 5.32 Å². The fourth-order valence-corrected chi connectivity index (χ4v) is 3.86. The molecule has 0 aliphatic rings. The van der Waals surface area contributed by atoms with E-state index in [0.717, 1.165) is 19.6 Å². The van der Waals surface area contributed by atoms with Crippen LogP contribution in [0.15, 0.2) is 65.5 Å². The van der Waals surface area contributed by atoms with E-state index in [2.05, 4.69) is 22.1 Å². The van der Waals surface area contributed by atoms with Crippen molar-refractivity contribution in [2.45, 2.75) is 58.2 Å². The van der Waals surface area contributed by atoms with Gasteiger partial charge in [0.2, 0.25) is 5.16 Å². The molecule has 0 saturated carbocycles. The highest BCUT2D eigenvalue weighted by Crippen LogP contribution is 2.32. The van der Waals surface area contributed by atoms with E-state index >= 15 is 0 Å². The molecule has 1 heterocycles. The zero-order valence-electron chi connectivity index (χ0n) is 20.6. The molecule has 0 bridgehead atoms. The van der Waals surface area contributed by atoms with E-state index in [-0.39, 0.29) is 23.0 Å². The largest absolute Gasteiger partial charge is 0.400 e. The zero-order valence-corrected chi connectivity index (χ0v) is 21.4. The molecule has 10 heteroatoms. The Morgan fingerprint density at radius 2 is 1.82 bits per heavy atom. The molecule has 0 saturated heterocycles. The third-order valence-corrected chi connectivity index (χ3v) is 5.88. The van der Waals surface area contributed by atoms with E-state index in [1.54, 1.807) is 19.1 Å². The van der Waals surface area contributed by atoms with Crippen LogP contribution in [0.5, 0.6) is 0 Å². The van der Waals surface area contributed by atoms with Crippen molar-refractivity contribution < 1.29 is 22.5 Å². The van der Waals surface area contributed by atoms with Gasteiger partial charge in [-0.1, -0.05) is 56.8 Å². The van der Waals surface area contributed by atoms with Gasteiger partial charge in [-0.3, -0.25) is 8.78 Å². The quantitative estimate of drug-likeness (QED) is 0.447. The molecule has 34 heavy (non-hydrogen) atoms. The molecule has 0 spiro atoms. The highest BCUT2D eigenvalue weighted by molar-refractivity contribution is 7.84. The molecule has 2 aromatic rings. The molecular weight excluding hydrogens is 465 g/mol. The summed E-state index contributed by atoms with van der Waals surface area (Å²) in [6, 6.07) is 9.33. The van der Waals surface area contributed by atoms with Crippen molar-refractivity contribution in [3.05, 3.63) is 71.7 Å². The van der Waals surface area contributed by atoms with Crippen LogP contribution in [-0.4, -0.2) is 37.4 Å². The van der Waals surface area contributed by atoms with Gasteiger partial charge in [0.1, 0.15) is 0 Å². The first-order valence-corrected chi connectivity index (χ1v) is 12.1. The molecule has 0 aliphatic carbocycles. The molecule has 2 atom stereocenters. The molecule has 1 aromatic carbocycles. The van der Waals surface area contributed by atoms with E-state index in [9.17, 15) is 17.4 Å². The topological polar surface area (TPSA) is 80.0 Å². The zero-order chi connectivity index (χ0) is 26.3. The Balaban J connectivity index is 0.00000258. The van der Waals surface area contributed by atoms with Crippen molar-refractivity contribution in [2.24, 2.45) is 5.92 Å². The number of alkyl halides is 3. The van der Waals surface area contributed by atoms with Crippen molar-refractivity contribution in [1.29, 1.82) is 0 Å². The van der Waals surface area contributed by atoms with Crippen molar-refractivity contribution in [3.63, 3.8) is 0 Å². The number of halogens is 3. The maximum atomic E-state index is 13.1. The van der Waals surface area contributed by atoms with Gasteiger partial charge in [0.25, 0.3) is 0 Å². The SMILES string of the molecule is C=Cn1c(CNC(/C=C\C)=C(\C)C(C)C(F)(F)F)nnc1S(=O)Cc1ccccc1.CC.CO. The summed E-state index contributed by atoms with van der Waals surface area (Å²) in [7, 11) is -0.455. The molecule has 0 fully saturated rings. The second kappa shape index (κ2) is 16.0. The molecular formula is C24H35F3N4O2S. The molecule has 0 aliphatic heterocycles. The van der Waals surface area contributed by atoms with Crippen molar-refractivity contribution in [1.82, 2.24) is 20.1 Å². The summed E-state index contributed by atoms with van der Waals surface area (Å²) in [4.78, 5) is 0. The first-order valence-electron chi connectivity index (χ1n) is 10.8. The molecule has 190 valence electrons. The van der Waals surface area contributed by atoms with Gasteiger partial charge in [-0.15, -0.1) is 10.2 Å². The van der Waals surface area contributed by atoms with Gasteiger partial charge in [-0.05, 0) is 38.0 Å². The highest BCUT2D eigenvalue weighted by atomic mass is 32.2. The summed E-state index contributed by atoms with van der Waals surface area (Å²) in [5.41, 5.74) is 1.41. The van der Waals surface area contributed by atoms with Crippen LogP contribution in [0.1, 0.15) is 46.0 Å². The fraction of sp³-hybridized carbons (Fsp3) is 0.417. The van der Waals surface area contributed by atoms with Crippen LogP contribution in [-0.2, 0) is 23.1 Å². The first-order chi connectivity index (χ1) is 16.2. The van der Waals surface area contributed by atoms with Crippen LogP contribution in [0.2, 0.25) is 0 Å². The number of benzene rings is 1. The molecule has 2 unspecified atom stereocenters. The van der Waals surface area contributed by atoms with Crippen LogP contribution in [0, 0.1) is 5.92 Å². The Morgan fingerprint density at radius 3 is 2.32 bits per heavy atom. The maximum Gasteiger partial charge on any atom is 0.395 e. The summed E-state index contributed by atoms with van der Waals surface area (Å²) in [6.45, 7) is 12.1. The number of aromatic nitrogens is 3. The average molecular weight is 501 g/mol. The number of hydrogen-bond donors (Lipinski definition) is 2. The molecule has 2 rings (SSSR count). The molecule has 0 amide bonds. The number of nitrogens with zero attached hydrogens (tertiary/aromatic N) is 3. The van der Waals surface area contributed by atoms with Crippen LogP contribution in [0.25, 0.3) is 6.20 Å². The number of hydrogen-bond acceptors (Lipinski definition) is 5. The van der Waals surface area contributed by atoms with Gasteiger partial charge >= 0.3 is 6.18 Å². The third kappa shape index (κ3) is 9.26. The lowest BCUT2D eigenvalue weighted by Crippen LogP contribution is -2.25. The fourth-order valence-electron chi connectivity index (χ4n) is 2.71. The third-order valence-electron chi connectivity index (χ3n) is 4.60. The normalized spacial score (nSPS) is 13.6. The summed E-state index contributed by atoms with van der Waals surface area (Å²) >= 11 is 0. The second-order valence-electron chi connectivity index (χ2n) is 6.64. The Kier molecular flexibility index (Phi) is 14.7. The van der Waals surface area contributed by atoms with Crippen LogP contribution >= 0.6 is 0 Å². The lowest BCUT2D eigenvalue weighted by Gasteiger charge is -2.20. The lowest BCUT2D eigenvalue weighted by atomic mass is 9.99. The monoisotopic (exact) mass is 500 g/mol. The minimum absolute atomic E-state index is 0.100. The lowest BCUT2D eigenvalue weighted by molar-refractivity contribution is -0.159. The van der Waals surface area contributed by atoms with Gasteiger partial charge in [0.05, 0.1) is 29.0 Å². The van der Waals surface area contributed by atoms with E-state index in [4.69, 9.17) is 5.11 Å². The van der Waals surface area contributed by atoms with Gasteiger partial charge in [-0.2, -0.15) is 13.2 Å². The number of rotatable bonds is 9. The van der Waals surface area contributed by atoms with E-state index in [1.807, 2.05) is 44.2 Å². The van der Waals surface area contributed by atoms with Gasteiger partial charge < -0.3 is 10.4 Å². The molecule has 6 nitrogen and oxygen atoms in total.